The van der Waals surface area contributed by atoms with E-state index in [9.17, 15) is 32.7 Å². The molecule has 0 bridgehead atoms. The van der Waals surface area contributed by atoms with Gasteiger partial charge in [0.1, 0.15) is 5.75 Å². The molecule has 1 heterocycles. The van der Waals surface area contributed by atoms with Crippen LogP contribution in [-0.4, -0.2) is 96.6 Å². The first-order valence-corrected chi connectivity index (χ1v) is 16.5. The highest BCUT2D eigenvalue weighted by Crippen LogP contribution is 2.29. The van der Waals surface area contributed by atoms with E-state index in [0.29, 0.717) is 30.9 Å². The predicted octanol–water partition coefficient (Wildman–Crippen LogP) is 5.74. The third-order valence-electron chi connectivity index (χ3n) is 8.75. The van der Waals surface area contributed by atoms with Crippen LogP contribution in [0.4, 0.5) is 23.7 Å². The summed E-state index contributed by atoms with van der Waals surface area (Å²) in [4.78, 5) is 42.3. The molecule has 46 heavy (non-hydrogen) atoms. The molecule has 2 aliphatic rings. The predicted molar refractivity (Wildman–Crippen MR) is 169 cm³/mol. The normalized spacial score (nSPS) is 23.0. The van der Waals surface area contributed by atoms with Crippen LogP contribution in [0.1, 0.15) is 95.3 Å². The number of hydrogen-bond donors (Lipinski definition) is 3. The van der Waals surface area contributed by atoms with Gasteiger partial charge >= 0.3 is 12.2 Å². The average molecular weight is 657 g/mol. The van der Waals surface area contributed by atoms with E-state index in [-0.39, 0.29) is 49.4 Å². The van der Waals surface area contributed by atoms with Crippen LogP contribution in [0.15, 0.2) is 18.2 Å². The summed E-state index contributed by atoms with van der Waals surface area (Å²) in [6.07, 6.45) is 0.193. The minimum atomic E-state index is -4.43. The SMILES string of the molecule is C[C@@H]1CCCCO[C@@H](CN(C)C(=O)CCC(F)(F)F)[C@@H](C)CN([C@@H](C)CO)C(=O)c2cc(NC(=O)NC3CCCCC3)ccc2O1. The zero-order valence-corrected chi connectivity index (χ0v) is 27.5. The molecule has 0 aromatic heterocycles. The lowest BCUT2D eigenvalue weighted by Crippen LogP contribution is -2.48. The van der Waals surface area contributed by atoms with Crippen LogP contribution in [0.2, 0.25) is 0 Å². The van der Waals surface area contributed by atoms with Crippen LogP contribution in [0.25, 0.3) is 0 Å². The largest absolute Gasteiger partial charge is 0.490 e. The molecule has 0 radical (unpaired) electrons. The third-order valence-corrected chi connectivity index (χ3v) is 8.75. The average Bonchev–Trinajstić information content (AvgIpc) is 3.01. The monoisotopic (exact) mass is 656 g/mol. The number of halogens is 3. The van der Waals surface area contributed by atoms with Crippen LogP contribution < -0.4 is 15.4 Å². The number of urea groups is 1. The van der Waals surface area contributed by atoms with Crippen LogP contribution in [0.3, 0.4) is 0 Å². The van der Waals surface area contributed by atoms with Crippen molar-refractivity contribution in [3.05, 3.63) is 23.8 Å². The van der Waals surface area contributed by atoms with Crippen molar-refractivity contribution in [1.29, 1.82) is 0 Å². The lowest BCUT2D eigenvalue weighted by molar-refractivity contribution is -0.149. The summed E-state index contributed by atoms with van der Waals surface area (Å²) in [5.74, 6) is -1.06. The summed E-state index contributed by atoms with van der Waals surface area (Å²) in [6.45, 7) is 5.68. The molecule has 1 aromatic carbocycles. The number of aliphatic hydroxyl groups excluding tert-OH is 1. The van der Waals surface area contributed by atoms with Crippen LogP contribution >= 0.6 is 0 Å². The Morgan fingerprint density at radius 3 is 2.48 bits per heavy atom. The lowest BCUT2D eigenvalue weighted by Gasteiger charge is -2.36. The standard InChI is InChI=1S/C33H51F3N4O6/c1-22-19-40(23(2)21-41)31(43)27-18-26(38-32(44)37-25-11-6-5-7-12-25)13-14-28(27)46-24(3)10-8-9-17-45-29(22)20-39(4)30(42)15-16-33(34,35)36/h13-14,18,22-25,29,41H,5-12,15-17,19-21H2,1-4H3,(H2,37,38,44)/t22-,23-,24+,29-/m0/s1. The van der Waals surface area contributed by atoms with Gasteiger partial charge in [0.15, 0.2) is 0 Å². The van der Waals surface area contributed by atoms with E-state index in [1.165, 1.54) is 16.8 Å². The van der Waals surface area contributed by atoms with E-state index in [1.54, 1.807) is 25.1 Å². The van der Waals surface area contributed by atoms with Crippen molar-refractivity contribution in [3.8, 4) is 5.75 Å². The highest BCUT2D eigenvalue weighted by molar-refractivity contribution is 5.99. The summed E-state index contributed by atoms with van der Waals surface area (Å²) in [7, 11) is 1.45. The number of alkyl halides is 3. The van der Waals surface area contributed by atoms with Gasteiger partial charge in [-0.1, -0.05) is 26.2 Å². The number of ether oxygens (including phenoxy) is 2. The Morgan fingerprint density at radius 2 is 1.80 bits per heavy atom. The van der Waals surface area contributed by atoms with E-state index >= 15 is 0 Å². The molecule has 3 rings (SSSR count). The molecular weight excluding hydrogens is 605 g/mol. The number of nitrogens with zero attached hydrogens (tertiary/aromatic N) is 2. The topological polar surface area (TPSA) is 120 Å². The minimum Gasteiger partial charge on any atom is -0.490 e. The number of amides is 4. The number of anilines is 1. The first kappa shape index (κ1) is 37.4. The second-order valence-electron chi connectivity index (χ2n) is 12.8. The molecule has 13 heteroatoms. The third kappa shape index (κ3) is 11.9. The molecule has 1 aromatic rings. The maximum Gasteiger partial charge on any atom is 0.389 e. The van der Waals surface area contributed by atoms with Crippen molar-refractivity contribution in [3.63, 3.8) is 0 Å². The molecule has 1 aliphatic heterocycles. The number of fused-ring (bicyclic) bond motifs is 1. The van der Waals surface area contributed by atoms with E-state index in [1.807, 2.05) is 13.8 Å². The number of likely N-dealkylation sites (N-methyl/N-ethyl adjacent to an activating group) is 1. The maximum absolute atomic E-state index is 14.2. The molecule has 4 atom stereocenters. The van der Waals surface area contributed by atoms with Gasteiger partial charge in [0.05, 0.1) is 36.8 Å². The Bertz CT molecular complexity index is 1150. The van der Waals surface area contributed by atoms with E-state index in [4.69, 9.17) is 9.47 Å². The van der Waals surface area contributed by atoms with Crippen molar-refractivity contribution >= 4 is 23.5 Å². The molecule has 260 valence electrons. The minimum absolute atomic E-state index is 0.0493. The number of benzene rings is 1. The Kier molecular flexibility index (Phi) is 14.4. The van der Waals surface area contributed by atoms with Crippen LogP contribution in [-0.2, 0) is 9.53 Å². The van der Waals surface area contributed by atoms with E-state index in [2.05, 4.69) is 10.6 Å². The van der Waals surface area contributed by atoms with Gasteiger partial charge in [0.2, 0.25) is 5.91 Å². The van der Waals surface area contributed by atoms with Crippen molar-refractivity contribution in [2.45, 2.75) is 115 Å². The number of carbonyl (C=O) groups excluding carboxylic acids is 3. The summed E-state index contributed by atoms with van der Waals surface area (Å²) < 4.78 is 50.6. The highest BCUT2D eigenvalue weighted by Gasteiger charge is 2.32. The smallest absolute Gasteiger partial charge is 0.389 e. The molecule has 10 nitrogen and oxygen atoms in total. The zero-order valence-electron chi connectivity index (χ0n) is 27.5. The van der Waals surface area contributed by atoms with Gasteiger partial charge in [-0.15, -0.1) is 0 Å². The Balaban J connectivity index is 1.86. The highest BCUT2D eigenvalue weighted by atomic mass is 19.4. The number of hydrogen-bond acceptors (Lipinski definition) is 6. The Hall–Kier alpha value is -3.06. The molecule has 1 aliphatic carbocycles. The summed E-state index contributed by atoms with van der Waals surface area (Å²) in [5, 5.41) is 16.0. The second kappa shape index (κ2) is 17.7. The fraction of sp³-hybridized carbons (Fsp3) is 0.727. The Labute approximate surface area is 270 Å². The first-order chi connectivity index (χ1) is 21.8. The summed E-state index contributed by atoms with van der Waals surface area (Å²) in [5.41, 5.74) is 0.645. The molecule has 1 saturated carbocycles. The second-order valence-corrected chi connectivity index (χ2v) is 12.8. The lowest BCUT2D eigenvalue weighted by atomic mass is 9.96. The van der Waals surface area contributed by atoms with Crippen molar-refractivity contribution in [2.24, 2.45) is 5.92 Å². The first-order valence-electron chi connectivity index (χ1n) is 16.5. The van der Waals surface area contributed by atoms with Crippen LogP contribution in [0, 0.1) is 5.92 Å². The van der Waals surface area contributed by atoms with Crippen LogP contribution in [0.5, 0.6) is 5.75 Å². The van der Waals surface area contributed by atoms with Gasteiger partial charge in [-0.2, -0.15) is 13.2 Å². The molecule has 3 N–H and O–H groups in total. The fourth-order valence-electron chi connectivity index (χ4n) is 5.87. The molecule has 4 amide bonds. The molecule has 0 saturated heterocycles. The molecule has 0 unspecified atom stereocenters. The van der Waals surface area contributed by atoms with E-state index < -0.39 is 43.0 Å². The van der Waals surface area contributed by atoms with Crippen molar-refractivity contribution in [1.82, 2.24) is 15.1 Å². The molecular formula is C33H51F3N4O6. The molecule has 1 fully saturated rings. The van der Waals surface area contributed by atoms with Gasteiger partial charge in [0.25, 0.3) is 5.91 Å². The van der Waals surface area contributed by atoms with Crippen molar-refractivity contribution in [2.75, 3.05) is 38.7 Å². The van der Waals surface area contributed by atoms with Crippen molar-refractivity contribution < 1.29 is 42.1 Å². The van der Waals surface area contributed by atoms with Gasteiger partial charge in [0, 0.05) is 50.8 Å². The van der Waals surface area contributed by atoms with E-state index in [0.717, 1.165) is 38.5 Å². The number of carbonyl (C=O) groups is 3. The number of rotatable bonds is 8. The maximum atomic E-state index is 14.2. The quantitative estimate of drug-likeness (QED) is 0.329. The summed E-state index contributed by atoms with van der Waals surface area (Å²) in [6, 6.07) is 4.10. The number of aliphatic hydroxyl groups is 1. The van der Waals surface area contributed by atoms with Gasteiger partial charge in [-0.3, -0.25) is 9.59 Å². The zero-order chi connectivity index (χ0) is 33.9. The van der Waals surface area contributed by atoms with Gasteiger partial charge < -0.3 is 35.0 Å². The van der Waals surface area contributed by atoms with Gasteiger partial charge in [-0.25, -0.2) is 4.79 Å². The fourth-order valence-corrected chi connectivity index (χ4v) is 5.87. The number of nitrogens with one attached hydrogen (secondary N) is 2. The van der Waals surface area contributed by atoms with Gasteiger partial charge in [-0.05, 0) is 64.2 Å². The Morgan fingerprint density at radius 1 is 1.11 bits per heavy atom. The summed E-state index contributed by atoms with van der Waals surface area (Å²) >= 11 is 0. The molecule has 0 spiro atoms.